The summed E-state index contributed by atoms with van der Waals surface area (Å²) >= 11 is 5.53. The van der Waals surface area contributed by atoms with Crippen molar-refractivity contribution >= 4 is 23.2 Å². The van der Waals surface area contributed by atoms with E-state index in [0.29, 0.717) is 5.75 Å². The Kier molecular flexibility index (Phi) is 5.15. The number of benzene rings is 2. The first-order chi connectivity index (χ1) is 10.8. The van der Waals surface area contributed by atoms with Crippen molar-refractivity contribution in [2.24, 2.45) is 0 Å². The number of amides is 1. The lowest BCUT2D eigenvalue weighted by atomic mass is 10.2. The van der Waals surface area contributed by atoms with Crippen LogP contribution in [0, 0.1) is 0 Å². The quantitative estimate of drug-likeness (QED) is 0.868. The average Bonchev–Trinajstić information content (AvgIpc) is 2.49. The summed E-state index contributed by atoms with van der Waals surface area (Å²) in [6.45, 7) is 1.50. The van der Waals surface area contributed by atoms with Gasteiger partial charge in [-0.1, -0.05) is 29.8 Å². The number of para-hydroxylation sites is 1. The van der Waals surface area contributed by atoms with Gasteiger partial charge in [-0.3, -0.25) is 4.79 Å². The number of hydrogen-bond donors (Lipinski definition) is 1. The molecule has 2 aromatic carbocycles. The predicted molar refractivity (Wildman–Crippen MR) is 81.6 cm³/mol. The fraction of sp³-hybridized carbons (Fsp3) is 0.188. The maximum Gasteiger partial charge on any atom is 0.417 e. The van der Waals surface area contributed by atoms with Gasteiger partial charge in [-0.05, 0) is 37.3 Å². The molecule has 0 unspecified atom stereocenters. The normalized spacial score (nSPS) is 12.6. The largest absolute Gasteiger partial charge is 0.481 e. The third-order valence-corrected chi connectivity index (χ3v) is 3.29. The van der Waals surface area contributed by atoms with E-state index in [-0.39, 0.29) is 5.69 Å². The molecule has 0 heterocycles. The van der Waals surface area contributed by atoms with Crippen LogP contribution in [0.2, 0.25) is 5.02 Å². The standard InChI is InChI=1S/C16H13ClF3NO2/c1-10(23-12-5-3-2-4-6-12)15(22)21-11-7-8-14(17)13(9-11)16(18,19)20/h2-10H,1H3,(H,21,22)/t10-/m0/s1. The highest BCUT2D eigenvalue weighted by Crippen LogP contribution is 2.36. The second kappa shape index (κ2) is 6.91. The Hall–Kier alpha value is -2.21. The van der Waals surface area contributed by atoms with E-state index in [9.17, 15) is 18.0 Å². The lowest BCUT2D eigenvalue weighted by Gasteiger charge is -2.16. The first-order valence-electron chi connectivity index (χ1n) is 6.66. The van der Waals surface area contributed by atoms with Crippen LogP contribution in [0.5, 0.6) is 5.75 Å². The molecule has 122 valence electrons. The molecule has 1 amide bonds. The Bertz CT molecular complexity index is 689. The highest BCUT2D eigenvalue weighted by atomic mass is 35.5. The van der Waals surface area contributed by atoms with Crippen molar-refractivity contribution in [2.75, 3.05) is 5.32 Å². The summed E-state index contributed by atoms with van der Waals surface area (Å²) < 4.78 is 43.8. The van der Waals surface area contributed by atoms with E-state index in [2.05, 4.69) is 5.32 Å². The van der Waals surface area contributed by atoms with E-state index in [0.717, 1.165) is 12.1 Å². The van der Waals surface area contributed by atoms with Gasteiger partial charge in [-0.15, -0.1) is 0 Å². The van der Waals surface area contributed by atoms with Crippen molar-refractivity contribution in [3.05, 3.63) is 59.1 Å². The van der Waals surface area contributed by atoms with Crippen LogP contribution in [-0.2, 0) is 11.0 Å². The van der Waals surface area contributed by atoms with Gasteiger partial charge in [0.25, 0.3) is 5.91 Å². The van der Waals surface area contributed by atoms with Crippen LogP contribution in [0.1, 0.15) is 12.5 Å². The second-order valence-corrected chi connectivity index (χ2v) is 5.16. The second-order valence-electron chi connectivity index (χ2n) is 4.75. The van der Waals surface area contributed by atoms with E-state index >= 15 is 0 Å². The minimum absolute atomic E-state index is 0.00441. The van der Waals surface area contributed by atoms with Crippen molar-refractivity contribution in [1.82, 2.24) is 0 Å². The predicted octanol–water partition coefficient (Wildman–Crippen LogP) is 4.76. The molecule has 0 saturated heterocycles. The number of halogens is 4. The molecule has 0 aliphatic rings. The molecular formula is C16H13ClF3NO2. The molecule has 2 aromatic rings. The molecule has 0 spiro atoms. The van der Waals surface area contributed by atoms with Crippen molar-refractivity contribution < 1.29 is 22.7 Å². The first-order valence-corrected chi connectivity index (χ1v) is 7.04. The van der Waals surface area contributed by atoms with Crippen LogP contribution in [0.4, 0.5) is 18.9 Å². The number of nitrogens with one attached hydrogen (secondary N) is 1. The Labute approximate surface area is 136 Å². The first kappa shape index (κ1) is 17.1. The van der Waals surface area contributed by atoms with E-state index in [1.54, 1.807) is 30.3 Å². The van der Waals surface area contributed by atoms with Crippen LogP contribution in [0.25, 0.3) is 0 Å². The van der Waals surface area contributed by atoms with Crippen LogP contribution in [-0.4, -0.2) is 12.0 Å². The van der Waals surface area contributed by atoms with Crippen LogP contribution < -0.4 is 10.1 Å². The third kappa shape index (κ3) is 4.63. The smallest absolute Gasteiger partial charge is 0.417 e. The minimum atomic E-state index is -4.59. The van der Waals surface area contributed by atoms with Gasteiger partial charge in [0.15, 0.2) is 6.10 Å². The van der Waals surface area contributed by atoms with Crippen LogP contribution in [0.3, 0.4) is 0 Å². The molecule has 3 nitrogen and oxygen atoms in total. The molecule has 7 heteroatoms. The number of anilines is 1. The van der Waals surface area contributed by atoms with Crippen molar-refractivity contribution in [1.29, 1.82) is 0 Å². The molecule has 0 aliphatic carbocycles. The van der Waals surface area contributed by atoms with Crippen molar-refractivity contribution in [2.45, 2.75) is 19.2 Å². The van der Waals surface area contributed by atoms with Crippen LogP contribution in [0.15, 0.2) is 48.5 Å². The van der Waals surface area contributed by atoms with Crippen molar-refractivity contribution in [3.8, 4) is 5.75 Å². The zero-order valence-electron chi connectivity index (χ0n) is 12.0. The number of hydrogen-bond acceptors (Lipinski definition) is 2. The number of alkyl halides is 3. The third-order valence-electron chi connectivity index (χ3n) is 2.96. The maximum absolute atomic E-state index is 12.8. The van der Waals surface area contributed by atoms with E-state index in [1.807, 2.05) is 0 Å². The molecule has 0 aliphatic heterocycles. The summed E-state index contributed by atoms with van der Waals surface area (Å²) in [7, 11) is 0. The number of carbonyl (C=O) groups is 1. The zero-order valence-corrected chi connectivity index (χ0v) is 12.8. The summed E-state index contributed by atoms with van der Waals surface area (Å²) in [5.74, 6) is -0.0773. The lowest BCUT2D eigenvalue weighted by molar-refractivity contribution is -0.137. The molecule has 23 heavy (non-hydrogen) atoms. The maximum atomic E-state index is 12.8. The fourth-order valence-electron chi connectivity index (χ4n) is 1.82. The van der Waals surface area contributed by atoms with Crippen LogP contribution >= 0.6 is 11.6 Å². The molecule has 0 fully saturated rings. The number of rotatable bonds is 4. The molecule has 1 atom stereocenters. The van der Waals surface area contributed by atoms with E-state index in [4.69, 9.17) is 16.3 Å². The van der Waals surface area contributed by atoms with Gasteiger partial charge in [0.2, 0.25) is 0 Å². The van der Waals surface area contributed by atoms with Gasteiger partial charge in [-0.2, -0.15) is 13.2 Å². The Morgan fingerprint density at radius 3 is 2.43 bits per heavy atom. The van der Waals surface area contributed by atoms with Gasteiger partial charge in [-0.25, -0.2) is 0 Å². The molecule has 1 N–H and O–H groups in total. The summed E-state index contributed by atoms with van der Waals surface area (Å²) in [4.78, 5) is 12.0. The average molecular weight is 344 g/mol. The monoisotopic (exact) mass is 343 g/mol. The topological polar surface area (TPSA) is 38.3 Å². The van der Waals surface area contributed by atoms with Crippen molar-refractivity contribution in [3.63, 3.8) is 0 Å². The highest BCUT2D eigenvalue weighted by Gasteiger charge is 2.33. The van der Waals surface area contributed by atoms with Gasteiger partial charge < -0.3 is 10.1 Å². The molecule has 0 aromatic heterocycles. The van der Waals surface area contributed by atoms with Gasteiger partial charge in [0, 0.05) is 5.69 Å². The zero-order chi connectivity index (χ0) is 17.0. The highest BCUT2D eigenvalue weighted by molar-refractivity contribution is 6.31. The molecule has 0 bridgehead atoms. The summed E-state index contributed by atoms with van der Waals surface area (Å²) in [5.41, 5.74) is -1.01. The Morgan fingerprint density at radius 1 is 1.17 bits per heavy atom. The Morgan fingerprint density at radius 2 is 1.83 bits per heavy atom. The summed E-state index contributed by atoms with van der Waals surface area (Å²) in [6, 6.07) is 11.8. The summed E-state index contributed by atoms with van der Waals surface area (Å²) in [6.07, 6.45) is -5.47. The lowest BCUT2D eigenvalue weighted by Crippen LogP contribution is -2.30. The number of ether oxygens (including phenoxy) is 1. The molecular weight excluding hydrogens is 331 g/mol. The SMILES string of the molecule is C[C@H](Oc1ccccc1)C(=O)Nc1ccc(Cl)c(C(F)(F)F)c1. The summed E-state index contributed by atoms with van der Waals surface area (Å²) in [5, 5.41) is 1.95. The Balaban J connectivity index is 2.08. The van der Waals surface area contributed by atoms with Gasteiger partial charge in [0.1, 0.15) is 5.75 Å². The molecule has 0 saturated carbocycles. The van der Waals surface area contributed by atoms with E-state index < -0.39 is 28.8 Å². The molecule has 0 radical (unpaired) electrons. The number of carbonyl (C=O) groups excluding carboxylic acids is 1. The van der Waals surface area contributed by atoms with Gasteiger partial charge in [0.05, 0.1) is 10.6 Å². The van der Waals surface area contributed by atoms with Gasteiger partial charge >= 0.3 is 6.18 Å². The molecule has 2 rings (SSSR count). The van der Waals surface area contributed by atoms with E-state index in [1.165, 1.54) is 13.0 Å². The minimum Gasteiger partial charge on any atom is -0.481 e. The fourth-order valence-corrected chi connectivity index (χ4v) is 2.05.